The van der Waals surface area contributed by atoms with Crippen LogP contribution >= 0.6 is 34.8 Å². The minimum absolute atomic E-state index is 0.115. The predicted octanol–water partition coefficient (Wildman–Crippen LogP) is 5.00. The molecule has 1 aromatic rings. The lowest BCUT2D eigenvalue weighted by molar-refractivity contribution is -0.162. The van der Waals surface area contributed by atoms with Crippen molar-refractivity contribution in [1.82, 2.24) is 4.90 Å². The first kappa shape index (κ1) is 20.9. The Balaban J connectivity index is 1.87. The van der Waals surface area contributed by atoms with Crippen LogP contribution in [-0.2, 0) is 9.53 Å². The van der Waals surface area contributed by atoms with Crippen molar-refractivity contribution in [1.29, 1.82) is 0 Å². The van der Waals surface area contributed by atoms with Crippen molar-refractivity contribution in [3.63, 3.8) is 0 Å². The van der Waals surface area contributed by atoms with Gasteiger partial charge in [0, 0.05) is 19.0 Å². The number of alkyl halides is 3. The molecule has 0 bridgehead atoms. The van der Waals surface area contributed by atoms with E-state index in [1.54, 1.807) is 0 Å². The highest BCUT2D eigenvalue weighted by Gasteiger charge is 2.33. The zero-order chi connectivity index (χ0) is 19.5. The molecular weight excluding hydrogens is 420 g/mol. The fraction of sp³-hybridized carbons (Fsp3) is 0.467. The van der Waals surface area contributed by atoms with E-state index in [2.05, 4.69) is 10.1 Å². The van der Waals surface area contributed by atoms with Gasteiger partial charge in [0.25, 0.3) is 0 Å². The van der Waals surface area contributed by atoms with Crippen LogP contribution in [0.15, 0.2) is 12.1 Å². The van der Waals surface area contributed by atoms with Gasteiger partial charge in [0.15, 0.2) is 6.61 Å². The molecule has 2 rings (SSSR count). The van der Waals surface area contributed by atoms with Gasteiger partial charge in [0.1, 0.15) is 0 Å². The molecule has 0 radical (unpaired) electrons. The molecule has 1 heterocycles. The van der Waals surface area contributed by atoms with Crippen LogP contribution in [0.5, 0.6) is 0 Å². The molecule has 0 unspecified atom stereocenters. The first-order valence-electron chi connectivity index (χ1n) is 7.50. The van der Waals surface area contributed by atoms with Gasteiger partial charge in [-0.05, 0) is 25.0 Å². The van der Waals surface area contributed by atoms with Crippen LogP contribution in [0.1, 0.15) is 12.8 Å². The number of likely N-dealkylation sites (tertiary alicyclic amines) is 1. The normalized spacial score (nSPS) is 15.7. The average Bonchev–Trinajstić information content (AvgIpc) is 2.57. The van der Waals surface area contributed by atoms with Gasteiger partial charge in [-0.1, -0.05) is 34.8 Å². The molecule has 2 amide bonds. The van der Waals surface area contributed by atoms with Crippen molar-refractivity contribution in [2.75, 3.05) is 25.0 Å². The van der Waals surface area contributed by atoms with Gasteiger partial charge in [-0.3, -0.25) is 4.79 Å². The van der Waals surface area contributed by atoms with E-state index in [9.17, 15) is 22.8 Å². The Morgan fingerprint density at radius 3 is 2.27 bits per heavy atom. The Morgan fingerprint density at radius 2 is 1.69 bits per heavy atom. The zero-order valence-corrected chi connectivity index (χ0v) is 15.5. The highest BCUT2D eigenvalue weighted by Crippen LogP contribution is 2.33. The molecule has 0 atom stereocenters. The van der Waals surface area contributed by atoms with E-state index >= 15 is 0 Å². The molecule has 1 aromatic carbocycles. The summed E-state index contributed by atoms with van der Waals surface area (Å²) >= 11 is 17.7. The number of hydrogen-bond acceptors (Lipinski definition) is 3. The number of ether oxygens (including phenoxy) is 1. The van der Waals surface area contributed by atoms with Crippen LogP contribution in [0.25, 0.3) is 0 Å². The molecule has 1 N–H and O–H groups in total. The van der Waals surface area contributed by atoms with E-state index in [4.69, 9.17) is 34.8 Å². The van der Waals surface area contributed by atoms with Crippen LogP contribution in [-0.4, -0.2) is 42.8 Å². The Labute approximate surface area is 162 Å². The Bertz CT molecular complexity index is 693. The van der Waals surface area contributed by atoms with Crippen LogP contribution in [0.2, 0.25) is 15.1 Å². The Hall–Kier alpha value is -1.38. The monoisotopic (exact) mass is 432 g/mol. The molecule has 1 aliphatic rings. The van der Waals surface area contributed by atoms with E-state index < -0.39 is 24.8 Å². The number of halogens is 6. The third-order valence-corrected chi connectivity index (χ3v) is 4.79. The second kappa shape index (κ2) is 8.54. The molecule has 0 aliphatic carbocycles. The number of piperidine rings is 1. The van der Waals surface area contributed by atoms with Gasteiger partial charge in [-0.2, -0.15) is 13.2 Å². The lowest BCUT2D eigenvalue weighted by Crippen LogP contribution is -2.42. The highest BCUT2D eigenvalue weighted by atomic mass is 35.5. The van der Waals surface area contributed by atoms with Crippen molar-refractivity contribution >= 4 is 52.5 Å². The summed E-state index contributed by atoms with van der Waals surface area (Å²) in [7, 11) is 0. The van der Waals surface area contributed by atoms with Crippen molar-refractivity contribution in [3.05, 3.63) is 27.2 Å². The number of hydrogen-bond donors (Lipinski definition) is 1. The number of rotatable bonds is 3. The molecule has 0 spiro atoms. The van der Waals surface area contributed by atoms with Crippen LogP contribution in [0.3, 0.4) is 0 Å². The predicted molar refractivity (Wildman–Crippen MR) is 91.8 cm³/mol. The van der Waals surface area contributed by atoms with Crippen LogP contribution < -0.4 is 5.32 Å². The van der Waals surface area contributed by atoms with Crippen molar-refractivity contribution in [2.24, 2.45) is 5.92 Å². The summed E-state index contributed by atoms with van der Waals surface area (Å²) in [5.41, 5.74) is 0.304. The number of carbonyl (C=O) groups excluding carboxylic acids is 2. The quantitative estimate of drug-likeness (QED) is 0.683. The highest BCUT2D eigenvalue weighted by molar-refractivity contribution is 6.44. The van der Waals surface area contributed by atoms with Crippen molar-refractivity contribution < 1.29 is 27.5 Å². The topological polar surface area (TPSA) is 58.6 Å². The van der Waals surface area contributed by atoms with Crippen molar-refractivity contribution in [2.45, 2.75) is 19.0 Å². The molecule has 1 aliphatic heterocycles. The van der Waals surface area contributed by atoms with E-state index in [-0.39, 0.29) is 46.9 Å². The smallest absolute Gasteiger partial charge is 0.422 e. The molecule has 11 heteroatoms. The Morgan fingerprint density at radius 1 is 1.12 bits per heavy atom. The largest absolute Gasteiger partial charge is 0.440 e. The number of anilines is 1. The first-order valence-corrected chi connectivity index (χ1v) is 8.64. The summed E-state index contributed by atoms with van der Waals surface area (Å²) < 4.78 is 40.4. The van der Waals surface area contributed by atoms with E-state index in [0.29, 0.717) is 5.69 Å². The number of benzene rings is 1. The van der Waals surface area contributed by atoms with Crippen LogP contribution in [0.4, 0.5) is 23.7 Å². The number of amides is 2. The maximum absolute atomic E-state index is 12.3. The van der Waals surface area contributed by atoms with Gasteiger partial charge in [-0.15, -0.1) is 0 Å². The fourth-order valence-electron chi connectivity index (χ4n) is 2.41. The molecule has 1 saturated heterocycles. The van der Waals surface area contributed by atoms with Crippen molar-refractivity contribution in [3.8, 4) is 0 Å². The lowest BCUT2D eigenvalue weighted by Gasteiger charge is -2.30. The van der Waals surface area contributed by atoms with E-state index in [0.717, 1.165) is 4.90 Å². The summed E-state index contributed by atoms with van der Waals surface area (Å²) in [5.74, 6) is -0.749. The third kappa shape index (κ3) is 5.82. The maximum atomic E-state index is 12.3. The molecule has 0 saturated carbocycles. The Kier molecular flexibility index (Phi) is 6.87. The summed E-state index contributed by atoms with van der Waals surface area (Å²) in [5, 5.41) is 3.34. The molecular formula is C15H14Cl3F3N2O3. The minimum Gasteiger partial charge on any atom is -0.440 e. The lowest BCUT2D eigenvalue weighted by atomic mass is 9.96. The molecule has 1 fully saturated rings. The molecule has 26 heavy (non-hydrogen) atoms. The molecule has 0 aromatic heterocycles. The first-order chi connectivity index (χ1) is 12.1. The number of nitrogens with one attached hydrogen (secondary N) is 1. The zero-order valence-electron chi connectivity index (χ0n) is 13.2. The van der Waals surface area contributed by atoms with Gasteiger partial charge in [-0.25, -0.2) is 4.79 Å². The molecule has 5 nitrogen and oxygen atoms in total. The van der Waals surface area contributed by atoms with Crippen LogP contribution in [0, 0.1) is 5.92 Å². The van der Waals surface area contributed by atoms with Gasteiger partial charge >= 0.3 is 12.3 Å². The maximum Gasteiger partial charge on any atom is 0.422 e. The van der Waals surface area contributed by atoms with E-state index in [1.165, 1.54) is 12.1 Å². The average molecular weight is 434 g/mol. The standard InChI is InChI=1S/C15H14Cl3F3N2O3/c16-9-5-11(18)12(6-10(9)17)22-13(24)8-1-3-23(4-2-8)14(25)26-7-15(19,20)21/h5-6,8H,1-4,7H2,(H,22,24). The van der Waals surface area contributed by atoms with E-state index in [1.807, 2.05) is 0 Å². The summed E-state index contributed by atoms with van der Waals surface area (Å²) in [4.78, 5) is 25.0. The van der Waals surface area contributed by atoms with Gasteiger partial charge in [0.05, 0.1) is 20.8 Å². The van der Waals surface area contributed by atoms with Gasteiger partial charge in [0.2, 0.25) is 5.91 Å². The third-order valence-electron chi connectivity index (χ3n) is 3.75. The number of nitrogens with zero attached hydrogens (tertiary/aromatic N) is 1. The second-order valence-electron chi connectivity index (χ2n) is 5.67. The summed E-state index contributed by atoms with van der Waals surface area (Å²) in [6, 6.07) is 2.83. The summed E-state index contributed by atoms with van der Waals surface area (Å²) in [6.07, 6.45) is -5.06. The number of carbonyl (C=O) groups is 2. The fourth-order valence-corrected chi connectivity index (χ4v) is 3.01. The second-order valence-corrected chi connectivity index (χ2v) is 6.89. The SMILES string of the molecule is O=C(Nc1cc(Cl)c(Cl)cc1Cl)C1CCN(C(=O)OCC(F)(F)F)CC1. The van der Waals surface area contributed by atoms with Gasteiger partial charge < -0.3 is 15.0 Å². The molecule has 144 valence electrons. The summed E-state index contributed by atoms with van der Waals surface area (Å²) in [6.45, 7) is -1.41. The minimum atomic E-state index is -4.58.